The molecule has 12 heavy (non-hydrogen) atoms. The fourth-order valence-corrected chi connectivity index (χ4v) is 1.04. The average Bonchev–Trinajstić information content (AvgIpc) is 1.98. The number of hydrogen-bond donors (Lipinski definition) is 2. The maximum atomic E-state index is 8.75. The van der Waals surface area contributed by atoms with Crippen LogP contribution < -0.4 is 5.32 Å². The number of aliphatic hydroxyl groups is 1. The van der Waals surface area contributed by atoms with Crippen LogP contribution in [0.5, 0.6) is 0 Å². The monoisotopic (exact) mass is 171 g/mol. The van der Waals surface area contributed by atoms with Crippen molar-refractivity contribution in [3.8, 4) is 0 Å². The summed E-state index contributed by atoms with van der Waals surface area (Å²) in [7, 11) is 0. The highest BCUT2D eigenvalue weighted by Crippen LogP contribution is 2.06. The van der Waals surface area contributed by atoms with Gasteiger partial charge in [0.1, 0.15) is 0 Å². The fourth-order valence-electron chi connectivity index (χ4n) is 1.04. The topological polar surface area (TPSA) is 32.3 Å². The maximum Gasteiger partial charge on any atom is 0.0448 e. The van der Waals surface area contributed by atoms with E-state index in [1.165, 1.54) is 0 Å². The van der Waals surface area contributed by atoms with E-state index in [0.29, 0.717) is 0 Å². The first-order valence-corrected chi connectivity index (χ1v) is 4.59. The van der Waals surface area contributed by atoms with Gasteiger partial charge < -0.3 is 10.4 Å². The van der Waals surface area contributed by atoms with Crippen molar-refractivity contribution in [1.29, 1.82) is 0 Å². The second-order valence-electron chi connectivity index (χ2n) is 3.72. The van der Waals surface area contributed by atoms with Gasteiger partial charge in [0.2, 0.25) is 0 Å². The molecule has 0 aromatic carbocycles. The van der Waals surface area contributed by atoms with Crippen LogP contribution in [-0.2, 0) is 0 Å². The fraction of sp³-hybridized carbons (Fsp3) is 0.800. The van der Waals surface area contributed by atoms with Crippen LogP contribution in [-0.4, -0.2) is 23.8 Å². The molecule has 0 aromatic rings. The van der Waals surface area contributed by atoms with Crippen LogP contribution in [0.3, 0.4) is 0 Å². The van der Waals surface area contributed by atoms with Crippen molar-refractivity contribution in [2.45, 2.75) is 38.6 Å². The molecule has 0 fully saturated rings. The summed E-state index contributed by atoms with van der Waals surface area (Å²) in [4.78, 5) is 0. The van der Waals surface area contributed by atoms with E-state index in [1.54, 1.807) is 0 Å². The first-order chi connectivity index (χ1) is 5.62. The van der Waals surface area contributed by atoms with Crippen molar-refractivity contribution in [3.05, 3.63) is 12.7 Å². The molecule has 0 rings (SSSR count). The third kappa shape index (κ3) is 6.38. The molecular formula is C10H21NO. The van der Waals surface area contributed by atoms with E-state index in [4.69, 9.17) is 5.11 Å². The zero-order valence-electron chi connectivity index (χ0n) is 8.27. The average molecular weight is 171 g/mol. The molecule has 0 saturated carbocycles. The molecule has 0 aliphatic carbocycles. The molecule has 2 N–H and O–H groups in total. The van der Waals surface area contributed by atoms with Gasteiger partial charge in [-0.15, -0.1) is 6.58 Å². The zero-order valence-corrected chi connectivity index (χ0v) is 8.27. The van der Waals surface area contributed by atoms with E-state index in [1.807, 2.05) is 6.08 Å². The lowest BCUT2D eigenvalue weighted by molar-refractivity contribution is 0.231. The third-order valence-corrected chi connectivity index (χ3v) is 1.93. The van der Waals surface area contributed by atoms with Crippen LogP contribution in [0.15, 0.2) is 12.7 Å². The number of allylic oxidation sites excluding steroid dienone is 1. The van der Waals surface area contributed by atoms with Gasteiger partial charge in [-0.2, -0.15) is 0 Å². The SMILES string of the molecule is C=CCCCNC(C)(C)CCO. The standard InChI is InChI=1S/C10H21NO/c1-4-5-6-8-11-10(2,3)7-9-12/h4,11-12H,1,5-9H2,2-3H3. The minimum absolute atomic E-state index is 0.0654. The van der Waals surface area contributed by atoms with Gasteiger partial charge in [0, 0.05) is 12.1 Å². The van der Waals surface area contributed by atoms with Crippen molar-refractivity contribution in [2.75, 3.05) is 13.2 Å². The summed E-state index contributed by atoms with van der Waals surface area (Å²) >= 11 is 0. The first-order valence-electron chi connectivity index (χ1n) is 4.59. The van der Waals surface area contributed by atoms with Crippen LogP contribution in [0.2, 0.25) is 0 Å². The molecule has 0 amide bonds. The molecule has 0 bridgehead atoms. The van der Waals surface area contributed by atoms with Crippen molar-refractivity contribution in [3.63, 3.8) is 0 Å². The summed E-state index contributed by atoms with van der Waals surface area (Å²) in [6.07, 6.45) is 4.92. The summed E-state index contributed by atoms with van der Waals surface area (Å²) in [5.74, 6) is 0. The largest absolute Gasteiger partial charge is 0.396 e. The summed E-state index contributed by atoms with van der Waals surface area (Å²) < 4.78 is 0. The van der Waals surface area contributed by atoms with E-state index < -0.39 is 0 Å². The highest BCUT2D eigenvalue weighted by molar-refractivity contribution is 4.77. The molecule has 0 aromatic heterocycles. The molecule has 0 saturated heterocycles. The molecule has 2 nitrogen and oxygen atoms in total. The van der Waals surface area contributed by atoms with Crippen LogP contribution in [0.4, 0.5) is 0 Å². The Balaban J connectivity index is 3.39. The normalized spacial score (nSPS) is 11.6. The van der Waals surface area contributed by atoms with Crippen molar-refractivity contribution in [2.24, 2.45) is 0 Å². The van der Waals surface area contributed by atoms with Gasteiger partial charge in [-0.3, -0.25) is 0 Å². The van der Waals surface area contributed by atoms with E-state index in [9.17, 15) is 0 Å². The molecule has 0 radical (unpaired) electrons. The van der Waals surface area contributed by atoms with Gasteiger partial charge in [-0.25, -0.2) is 0 Å². The number of nitrogens with one attached hydrogen (secondary N) is 1. The Morgan fingerprint density at radius 1 is 1.50 bits per heavy atom. The van der Waals surface area contributed by atoms with Gasteiger partial charge in [-0.05, 0) is 39.7 Å². The number of unbranched alkanes of at least 4 members (excludes halogenated alkanes) is 1. The first kappa shape index (κ1) is 11.7. The molecule has 0 heterocycles. The van der Waals surface area contributed by atoms with Gasteiger partial charge in [0.15, 0.2) is 0 Å². The lowest BCUT2D eigenvalue weighted by Crippen LogP contribution is -2.40. The van der Waals surface area contributed by atoms with E-state index in [-0.39, 0.29) is 12.1 Å². The molecule has 0 aliphatic rings. The minimum Gasteiger partial charge on any atom is -0.396 e. The van der Waals surface area contributed by atoms with Crippen LogP contribution in [0, 0.1) is 0 Å². The van der Waals surface area contributed by atoms with Crippen molar-refractivity contribution < 1.29 is 5.11 Å². The molecule has 0 spiro atoms. The third-order valence-electron chi connectivity index (χ3n) is 1.93. The van der Waals surface area contributed by atoms with Gasteiger partial charge in [0.25, 0.3) is 0 Å². The Kier molecular flexibility index (Phi) is 6.03. The second kappa shape index (κ2) is 6.21. The van der Waals surface area contributed by atoms with Crippen molar-refractivity contribution in [1.82, 2.24) is 5.32 Å². The lowest BCUT2D eigenvalue weighted by Gasteiger charge is -2.25. The number of hydrogen-bond acceptors (Lipinski definition) is 2. The Bertz CT molecular complexity index is 121. The van der Waals surface area contributed by atoms with Crippen LogP contribution >= 0.6 is 0 Å². The minimum atomic E-state index is 0.0654. The Morgan fingerprint density at radius 2 is 2.17 bits per heavy atom. The summed E-state index contributed by atoms with van der Waals surface area (Å²) in [5.41, 5.74) is 0.0654. The summed E-state index contributed by atoms with van der Waals surface area (Å²) in [5, 5.41) is 12.1. The number of aliphatic hydroxyl groups excluding tert-OH is 1. The van der Waals surface area contributed by atoms with E-state index in [2.05, 4.69) is 25.7 Å². The van der Waals surface area contributed by atoms with Gasteiger partial charge >= 0.3 is 0 Å². The maximum absolute atomic E-state index is 8.75. The van der Waals surface area contributed by atoms with E-state index in [0.717, 1.165) is 25.8 Å². The lowest BCUT2D eigenvalue weighted by atomic mass is 10.0. The van der Waals surface area contributed by atoms with Crippen LogP contribution in [0.25, 0.3) is 0 Å². The molecule has 0 atom stereocenters. The Hall–Kier alpha value is -0.340. The summed E-state index contributed by atoms with van der Waals surface area (Å²) in [6, 6.07) is 0. The predicted molar refractivity (Wildman–Crippen MR) is 53.2 cm³/mol. The highest BCUT2D eigenvalue weighted by atomic mass is 16.3. The number of rotatable bonds is 7. The quantitative estimate of drug-likeness (QED) is 0.451. The molecule has 72 valence electrons. The van der Waals surface area contributed by atoms with Gasteiger partial charge in [-0.1, -0.05) is 6.08 Å². The Labute approximate surface area is 75.7 Å². The zero-order chi connectivity index (χ0) is 9.45. The van der Waals surface area contributed by atoms with E-state index >= 15 is 0 Å². The molecule has 0 unspecified atom stereocenters. The van der Waals surface area contributed by atoms with Gasteiger partial charge in [0.05, 0.1) is 0 Å². The molecular weight excluding hydrogens is 150 g/mol. The Morgan fingerprint density at radius 3 is 2.67 bits per heavy atom. The molecule has 0 aliphatic heterocycles. The predicted octanol–water partition coefficient (Wildman–Crippen LogP) is 1.70. The summed E-state index contributed by atoms with van der Waals surface area (Å²) in [6.45, 7) is 9.13. The second-order valence-corrected chi connectivity index (χ2v) is 3.72. The van der Waals surface area contributed by atoms with Crippen LogP contribution in [0.1, 0.15) is 33.1 Å². The molecule has 2 heteroatoms. The smallest absolute Gasteiger partial charge is 0.0448 e. The highest BCUT2D eigenvalue weighted by Gasteiger charge is 2.14. The van der Waals surface area contributed by atoms with Crippen molar-refractivity contribution >= 4 is 0 Å².